The number of nitrogens with zero attached hydrogens (tertiary/aromatic N) is 2. The molecule has 0 saturated heterocycles. The molecule has 27 heavy (non-hydrogen) atoms. The first-order chi connectivity index (χ1) is 13.1. The second kappa shape index (κ2) is 10.2. The van der Waals surface area contributed by atoms with Crippen molar-refractivity contribution >= 4 is 18.3 Å². The van der Waals surface area contributed by atoms with Crippen LogP contribution in [-0.4, -0.2) is 37.7 Å². The summed E-state index contributed by atoms with van der Waals surface area (Å²) in [5.41, 5.74) is 6.19. The van der Waals surface area contributed by atoms with Crippen molar-refractivity contribution in [2.24, 2.45) is 10.2 Å². The van der Waals surface area contributed by atoms with E-state index in [-0.39, 0.29) is 0 Å². The third-order valence-corrected chi connectivity index (χ3v) is 3.28. The van der Waals surface area contributed by atoms with Crippen LogP contribution in [0, 0.1) is 0 Å². The van der Waals surface area contributed by atoms with Crippen LogP contribution in [0.4, 0.5) is 0 Å². The SMILES string of the molecule is COc1ccc(/C=N/NC(=O)/C=C(\O)N/N=C/c2ccc(OC)cc2)cc1. The first-order valence-electron chi connectivity index (χ1n) is 7.91. The molecule has 8 nitrogen and oxygen atoms in total. The van der Waals surface area contributed by atoms with E-state index in [1.165, 1.54) is 12.4 Å². The maximum atomic E-state index is 11.7. The number of carbonyl (C=O) groups excluding carboxylic acids is 1. The maximum absolute atomic E-state index is 11.7. The molecule has 3 N–H and O–H groups in total. The summed E-state index contributed by atoms with van der Waals surface area (Å²) in [7, 11) is 3.16. The van der Waals surface area contributed by atoms with Gasteiger partial charge in [-0.3, -0.25) is 4.79 Å². The summed E-state index contributed by atoms with van der Waals surface area (Å²) in [4.78, 5) is 11.7. The van der Waals surface area contributed by atoms with Crippen molar-refractivity contribution in [2.45, 2.75) is 0 Å². The van der Waals surface area contributed by atoms with Crippen LogP contribution < -0.4 is 20.3 Å². The lowest BCUT2D eigenvalue weighted by Gasteiger charge is -2.00. The summed E-state index contributed by atoms with van der Waals surface area (Å²) in [5.74, 6) is 0.432. The van der Waals surface area contributed by atoms with Crippen LogP contribution in [-0.2, 0) is 4.79 Å². The monoisotopic (exact) mass is 368 g/mol. The minimum Gasteiger partial charge on any atom is -0.497 e. The lowest BCUT2D eigenvalue weighted by Crippen LogP contribution is -2.17. The van der Waals surface area contributed by atoms with Crippen LogP contribution >= 0.6 is 0 Å². The van der Waals surface area contributed by atoms with Crippen LogP contribution in [0.1, 0.15) is 11.1 Å². The van der Waals surface area contributed by atoms with Gasteiger partial charge in [-0.2, -0.15) is 10.2 Å². The molecule has 0 aliphatic heterocycles. The average molecular weight is 368 g/mol. The Hall–Kier alpha value is -3.81. The van der Waals surface area contributed by atoms with Gasteiger partial charge in [-0.05, 0) is 59.7 Å². The predicted octanol–water partition coefficient (Wildman–Crippen LogP) is 2.18. The fourth-order valence-corrected chi connectivity index (χ4v) is 1.91. The molecule has 2 aromatic rings. The number of aliphatic hydroxyl groups is 1. The number of amides is 1. The van der Waals surface area contributed by atoms with Crippen LogP contribution in [0.5, 0.6) is 11.5 Å². The molecule has 0 radical (unpaired) electrons. The number of carbonyl (C=O) groups is 1. The van der Waals surface area contributed by atoms with Crippen molar-refractivity contribution in [3.05, 3.63) is 71.6 Å². The fraction of sp³-hybridized carbons (Fsp3) is 0.105. The summed E-state index contributed by atoms with van der Waals surface area (Å²) in [6.07, 6.45) is 3.89. The molecule has 0 unspecified atom stereocenters. The Labute approximate surface area is 156 Å². The third-order valence-electron chi connectivity index (χ3n) is 3.28. The summed E-state index contributed by atoms with van der Waals surface area (Å²) >= 11 is 0. The summed E-state index contributed by atoms with van der Waals surface area (Å²) < 4.78 is 10.1. The number of ether oxygens (including phenoxy) is 2. The van der Waals surface area contributed by atoms with Crippen molar-refractivity contribution in [1.82, 2.24) is 10.9 Å². The normalized spacial score (nSPS) is 11.6. The summed E-state index contributed by atoms with van der Waals surface area (Å²) in [5, 5.41) is 17.3. The van der Waals surface area contributed by atoms with Crippen LogP contribution in [0.15, 0.2) is 70.7 Å². The lowest BCUT2D eigenvalue weighted by molar-refractivity contribution is -0.116. The topological polar surface area (TPSA) is 105 Å². The number of benzene rings is 2. The van der Waals surface area contributed by atoms with Gasteiger partial charge in [0.05, 0.1) is 32.7 Å². The second-order valence-corrected chi connectivity index (χ2v) is 5.18. The van der Waals surface area contributed by atoms with Gasteiger partial charge >= 0.3 is 0 Å². The summed E-state index contributed by atoms with van der Waals surface area (Å²) in [6, 6.07) is 14.3. The molecule has 0 aliphatic carbocycles. The number of hydrogen-bond donors (Lipinski definition) is 3. The highest BCUT2D eigenvalue weighted by atomic mass is 16.5. The van der Waals surface area contributed by atoms with E-state index in [0.717, 1.165) is 28.7 Å². The molecule has 0 atom stereocenters. The number of hydrazone groups is 2. The number of hydrogen-bond acceptors (Lipinski definition) is 7. The highest BCUT2D eigenvalue weighted by Gasteiger charge is 1.98. The van der Waals surface area contributed by atoms with Gasteiger partial charge in [-0.15, -0.1) is 0 Å². The average Bonchev–Trinajstić information content (AvgIpc) is 2.69. The predicted molar refractivity (Wildman–Crippen MR) is 103 cm³/mol. The molecule has 0 heterocycles. The zero-order valence-electron chi connectivity index (χ0n) is 14.9. The Morgan fingerprint density at radius 2 is 1.30 bits per heavy atom. The van der Waals surface area contributed by atoms with Crippen LogP contribution in [0.2, 0.25) is 0 Å². The second-order valence-electron chi connectivity index (χ2n) is 5.18. The molecule has 8 heteroatoms. The molecule has 2 aromatic carbocycles. The van der Waals surface area contributed by atoms with Gasteiger partial charge in [0.25, 0.3) is 5.91 Å². The van der Waals surface area contributed by atoms with Gasteiger partial charge in [0.2, 0.25) is 5.88 Å². The van der Waals surface area contributed by atoms with Gasteiger partial charge in [0.15, 0.2) is 0 Å². The molecule has 0 aliphatic rings. The smallest absolute Gasteiger partial charge is 0.269 e. The molecule has 0 fully saturated rings. The van der Waals surface area contributed by atoms with Crippen molar-refractivity contribution in [2.75, 3.05) is 14.2 Å². The Morgan fingerprint density at radius 1 is 0.852 bits per heavy atom. The molecule has 0 saturated carbocycles. The molecule has 0 aromatic heterocycles. The first-order valence-corrected chi connectivity index (χ1v) is 7.91. The van der Waals surface area contributed by atoms with Crippen molar-refractivity contribution in [3.63, 3.8) is 0 Å². The van der Waals surface area contributed by atoms with E-state index < -0.39 is 11.8 Å². The Bertz CT molecular complexity index is 828. The van der Waals surface area contributed by atoms with Crippen molar-refractivity contribution in [3.8, 4) is 11.5 Å². The third kappa shape index (κ3) is 6.91. The first kappa shape index (κ1) is 19.5. The Morgan fingerprint density at radius 3 is 1.74 bits per heavy atom. The Kier molecular flexibility index (Phi) is 7.40. The molecular weight excluding hydrogens is 348 g/mol. The quantitative estimate of drug-likeness (QED) is 0.287. The van der Waals surface area contributed by atoms with E-state index >= 15 is 0 Å². The van der Waals surface area contributed by atoms with E-state index in [9.17, 15) is 9.90 Å². The lowest BCUT2D eigenvalue weighted by atomic mass is 10.2. The molecule has 1 amide bonds. The van der Waals surface area contributed by atoms with E-state index in [2.05, 4.69) is 21.1 Å². The molecule has 2 rings (SSSR count). The van der Waals surface area contributed by atoms with Crippen molar-refractivity contribution in [1.29, 1.82) is 0 Å². The van der Waals surface area contributed by atoms with E-state index in [0.29, 0.717) is 0 Å². The van der Waals surface area contributed by atoms with E-state index in [1.807, 2.05) is 0 Å². The Balaban J connectivity index is 1.80. The minimum absolute atomic E-state index is 0.420. The standard InChI is InChI=1S/C19H20N4O4/c1-26-16-7-3-14(4-8-16)12-20-22-18(24)11-19(25)23-21-13-15-5-9-17(27-2)10-6-15/h3-13,22,24H,1-2H3,(H,23,25)/b18-11-,20-12+,21-13+. The summed E-state index contributed by atoms with van der Waals surface area (Å²) in [6.45, 7) is 0. The highest BCUT2D eigenvalue weighted by Crippen LogP contribution is 2.10. The van der Waals surface area contributed by atoms with Gasteiger partial charge in [0, 0.05) is 0 Å². The number of aliphatic hydroxyl groups excluding tert-OH is 1. The van der Waals surface area contributed by atoms with Gasteiger partial charge in [-0.25, -0.2) is 10.9 Å². The van der Waals surface area contributed by atoms with Crippen molar-refractivity contribution < 1.29 is 19.4 Å². The number of nitrogens with one attached hydrogen (secondary N) is 2. The number of rotatable bonds is 8. The maximum Gasteiger partial charge on any atom is 0.269 e. The number of methoxy groups -OCH3 is 2. The van der Waals surface area contributed by atoms with Gasteiger partial charge in [-0.1, -0.05) is 0 Å². The highest BCUT2D eigenvalue weighted by molar-refractivity contribution is 5.89. The van der Waals surface area contributed by atoms with Crippen LogP contribution in [0.3, 0.4) is 0 Å². The largest absolute Gasteiger partial charge is 0.497 e. The fourth-order valence-electron chi connectivity index (χ4n) is 1.91. The molecular formula is C19H20N4O4. The van der Waals surface area contributed by atoms with Crippen LogP contribution in [0.25, 0.3) is 0 Å². The molecule has 140 valence electrons. The van der Waals surface area contributed by atoms with Gasteiger partial charge < -0.3 is 14.6 Å². The van der Waals surface area contributed by atoms with E-state index in [4.69, 9.17) is 9.47 Å². The van der Waals surface area contributed by atoms with Gasteiger partial charge in [0.1, 0.15) is 11.5 Å². The molecule has 0 bridgehead atoms. The van der Waals surface area contributed by atoms with E-state index in [1.54, 1.807) is 62.8 Å². The zero-order chi connectivity index (χ0) is 19.5. The molecule has 0 spiro atoms. The zero-order valence-corrected chi connectivity index (χ0v) is 14.9. The minimum atomic E-state index is -0.607.